The van der Waals surface area contributed by atoms with Gasteiger partial charge in [-0.15, -0.1) is 0 Å². The molecular formula is C35H33N3O5S. The maximum absolute atomic E-state index is 14.5. The van der Waals surface area contributed by atoms with Gasteiger partial charge in [-0.3, -0.25) is 14.2 Å². The van der Waals surface area contributed by atoms with Crippen molar-refractivity contribution in [2.75, 3.05) is 11.5 Å². The lowest BCUT2D eigenvalue weighted by molar-refractivity contribution is -0.138. The van der Waals surface area contributed by atoms with Crippen LogP contribution < -0.4 is 24.5 Å². The van der Waals surface area contributed by atoms with Crippen molar-refractivity contribution in [3.63, 3.8) is 0 Å². The minimum atomic E-state index is -0.851. The summed E-state index contributed by atoms with van der Waals surface area (Å²) >= 11 is 1.16. The van der Waals surface area contributed by atoms with Crippen molar-refractivity contribution < 1.29 is 19.1 Å². The number of carbonyl (C=O) groups excluding carboxylic acids is 2. The number of thiazole rings is 1. The van der Waals surface area contributed by atoms with E-state index < -0.39 is 12.0 Å². The normalized spacial score (nSPS) is 17.1. The van der Waals surface area contributed by atoms with E-state index in [-0.39, 0.29) is 40.3 Å². The number of rotatable bonds is 7. The van der Waals surface area contributed by atoms with E-state index in [9.17, 15) is 14.4 Å². The van der Waals surface area contributed by atoms with E-state index in [2.05, 4.69) is 0 Å². The van der Waals surface area contributed by atoms with Gasteiger partial charge in [-0.2, -0.15) is 0 Å². The first kappa shape index (κ1) is 29.3. The largest absolute Gasteiger partial charge is 0.491 e. The van der Waals surface area contributed by atoms with Crippen LogP contribution in [0, 0.1) is 0 Å². The third kappa shape index (κ3) is 4.97. The summed E-state index contributed by atoms with van der Waals surface area (Å²) in [5.74, 6) is -0.120. The number of aromatic nitrogens is 1. The molecule has 8 nitrogen and oxygen atoms in total. The first-order chi connectivity index (χ1) is 21.2. The van der Waals surface area contributed by atoms with E-state index in [0.717, 1.165) is 22.6 Å². The second-order valence-corrected chi connectivity index (χ2v) is 12.1. The van der Waals surface area contributed by atoms with E-state index in [1.54, 1.807) is 11.8 Å². The fraction of sp³-hybridized carbons (Fsp3) is 0.257. The number of hydrogen-bond acceptors (Lipinski definition) is 7. The summed E-state index contributed by atoms with van der Waals surface area (Å²) < 4.78 is 13.2. The van der Waals surface area contributed by atoms with Crippen LogP contribution in [0.4, 0.5) is 5.69 Å². The first-order valence-electron chi connectivity index (χ1n) is 14.7. The lowest BCUT2D eigenvalue weighted by Crippen LogP contribution is -2.41. The second kappa shape index (κ2) is 11.7. The van der Waals surface area contributed by atoms with Crippen LogP contribution in [0.3, 0.4) is 0 Å². The van der Waals surface area contributed by atoms with Gasteiger partial charge >= 0.3 is 5.97 Å². The number of fused-ring (bicyclic) bond motifs is 2. The Labute approximate surface area is 259 Å². The summed E-state index contributed by atoms with van der Waals surface area (Å²) in [6, 6.07) is 23.3. The summed E-state index contributed by atoms with van der Waals surface area (Å²) in [7, 11) is 0. The van der Waals surface area contributed by atoms with Crippen LogP contribution in [0.15, 0.2) is 94.2 Å². The fourth-order valence-corrected chi connectivity index (χ4v) is 6.87. The number of nitrogens with zero attached hydrogens (tertiary/aromatic N) is 3. The van der Waals surface area contributed by atoms with Crippen molar-refractivity contribution in [1.29, 1.82) is 0 Å². The van der Waals surface area contributed by atoms with Crippen molar-refractivity contribution in [3.05, 3.63) is 121 Å². The van der Waals surface area contributed by atoms with Gasteiger partial charge in [0.25, 0.3) is 11.5 Å². The van der Waals surface area contributed by atoms with Crippen molar-refractivity contribution >= 4 is 40.2 Å². The smallest absolute Gasteiger partial charge is 0.338 e. The minimum absolute atomic E-state index is 0.0167. The Kier molecular flexibility index (Phi) is 7.82. The Morgan fingerprint density at radius 2 is 1.61 bits per heavy atom. The average Bonchev–Trinajstić information content (AvgIpc) is 3.49. The zero-order valence-corrected chi connectivity index (χ0v) is 26.1. The van der Waals surface area contributed by atoms with Gasteiger partial charge in [-0.1, -0.05) is 72.0 Å². The molecule has 0 bridgehead atoms. The molecular weight excluding hydrogens is 574 g/mol. The number of amides is 1. The third-order valence-corrected chi connectivity index (χ3v) is 8.58. The topological polar surface area (TPSA) is 90.2 Å². The number of carbonyl (C=O) groups is 2. The van der Waals surface area contributed by atoms with Gasteiger partial charge in [-0.05, 0) is 58.4 Å². The van der Waals surface area contributed by atoms with Crippen molar-refractivity contribution in [2.45, 2.75) is 52.8 Å². The summed E-state index contributed by atoms with van der Waals surface area (Å²) in [5.41, 5.74) is 3.51. The lowest BCUT2D eigenvalue weighted by Gasteiger charge is -2.26. The molecule has 3 aromatic carbocycles. The molecule has 6 rings (SSSR count). The molecule has 2 aliphatic rings. The first-order valence-corrected chi connectivity index (χ1v) is 15.5. The molecule has 2 aliphatic heterocycles. The summed E-state index contributed by atoms with van der Waals surface area (Å²) in [6.07, 6.45) is -0.0167. The highest BCUT2D eigenvalue weighted by atomic mass is 32.1. The molecule has 1 aromatic heterocycles. The molecule has 0 aliphatic carbocycles. The molecule has 0 fully saturated rings. The quantitative estimate of drug-likeness (QED) is 0.280. The van der Waals surface area contributed by atoms with Gasteiger partial charge in [0.15, 0.2) is 4.80 Å². The molecule has 0 spiro atoms. The number of hydrogen-bond donors (Lipinski definition) is 0. The Balaban J connectivity index is 1.68. The molecule has 44 heavy (non-hydrogen) atoms. The van der Waals surface area contributed by atoms with Crippen LogP contribution in [0.25, 0.3) is 11.3 Å². The van der Waals surface area contributed by atoms with Crippen LogP contribution in [-0.4, -0.2) is 35.2 Å². The standard InChI is InChI=1S/C35H33N3O5S/c1-6-42-34(41)28-29(22-12-8-7-9-13-22)36-35-38(30(28)23-16-18-24(19-17-23)43-21(4)5)33(40)31(44-35)27-25-14-10-11-15-26(25)37(20(2)3)32(27)39/h7-21,30H,6H2,1-5H3/b31-27-/t30-/m0/s1. The van der Waals surface area contributed by atoms with Crippen LogP contribution in [0.2, 0.25) is 0 Å². The number of para-hydroxylation sites is 1. The van der Waals surface area contributed by atoms with Gasteiger partial charge < -0.3 is 14.4 Å². The monoisotopic (exact) mass is 607 g/mol. The van der Waals surface area contributed by atoms with Gasteiger partial charge in [0.2, 0.25) is 0 Å². The van der Waals surface area contributed by atoms with Gasteiger partial charge in [0.1, 0.15) is 10.3 Å². The second-order valence-electron chi connectivity index (χ2n) is 11.1. The lowest BCUT2D eigenvalue weighted by atomic mass is 9.93. The third-order valence-electron chi connectivity index (χ3n) is 7.53. The molecule has 0 radical (unpaired) electrons. The van der Waals surface area contributed by atoms with E-state index in [1.165, 1.54) is 4.57 Å². The fourth-order valence-electron chi connectivity index (χ4n) is 5.78. The summed E-state index contributed by atoms with van der Waals surface area (Å²) in [6.45, 7) is 9.69. The average molecular weight is 608 g/mol. The van der Waals surface area contributed by atoms with Crippen LogP contribution in [0.1, 0.15) is 57.4 Å². The summed E-state index contributed by atoms with van der Waals surface area (Å²) in [4.78, 5) is 49.2. The number of anilines is 1. The zero-order chi connectivity index (χ0) is 31.1. The van der Waals surface area contributed by atoms with E-state index in [4.69, 9.17) is 14.5 Å². The van der Waals surface area contributed by atoms with Crippen molar-refractivity contribution in [3.8, 4) is 5.75 Å². The Morgan fingerprint density at radius 1 is 0.932 bits per heavy atom. The SMILES string of the molecule is CCOC(=O)C1=C(c2ccccc2)N=c2s/c(=C3\C(=O)N(C(C)C)c4ccccc43)c(=O)n2[C@H]1c1ccc(OC(C)C)cc1. The van der Waals surface area contributed by atoms with Crippen LogP contribution >= 0.6 is 11.3 Å². The Hall–Kier alpha value is -4.76. The number of esters is 1. The van der Waals surface area contributed by atoms with E-state index in [1.807, 2.05) is 107 Å². The van der Waals surface area contributed by atoms with E-state index >= 15 is 0 Å². The van der Waals surface area contributed by atoms with Gasteiger partial charge in [0.05, 0.1) is 41.3 Å². The molecule has 4 aromatic rings. The molecule has 0 saturated carbocycles. The van der Waals surface area contributed by atoms with Crippen LogP contribution in [0.5, 0.6) is 5.75 Å². The molecule has 224 valence electrons. The molecule has 0 N–H and O–H groups in total. The molecule has 0 unspecified atom stereocenters. The molecule has 9 heteroatoms. The highest BCUT2D eigenvalue weighted by molar-refractivity contribution is 7.07. The highest BCUT2D eigenvalue weighted by Gasteiger charge is 2.38. The van der Waals surface area contributed by atoms with Gasteiger partial charge in [0, 0.05) is 17.2 Å². The molecule has 3 heterocycles. The van der Waals surface area contributed by atoms with Crippen molar-refractivity contribution in [2.24, 2.45) is 4.99 Å². The number of ether oxygens (including phenoxy) is 2. The van der Waals surface area contributed by atoms with E-state index in [0.29, 0.717) is 32.9 Å². The zero-order valence-electron chi connectivity index (χ0n) is 25.2. The Morgan fingerprint density at radius 3 is 2.27 bits per heavy atom. The molecule has 1 amide bonds. The predicted molar refractivity (Wildman–Crippen MR) is 171 cm³/mol. The van der Waals surface area contributed by atoms with Crippen molar-refractivity contribution in [1.82, 2.24) is 4.57 Å². The Bertz CT molecular complexity index is 1970. The highest BCUT2D eigenvalue weighted by Crippen LogP contribution is 2.38. The van der Waals surface area contributed by atoms with Crippen LogP contribution in [-0.2, 0) is 14.3 Å². The molecule has 0 saturated heterocycles. The predicted octanol–water partition coefficient (Wildman–Crippen LogP) is 4.85. The number of benzene rings is 3. The molecule has 1 atom stereocenters. The van der Waals surface area contributed by atoms with Gasteiger partial charge in [-0.25, -0.2) is 9.79 Å². The summed E-state index contributed by atoms with van der Waals surface area (Å²) in [5, 5.41) is 0. The maximum atomic E-state index is 14.5. The maximum Gasteiger partial charge on any atom is 0.338 e. The minimum Gasteiger partial charge on any atom is -0.491 e.